The molecule has 0 atom stereocenters. The molecule has 0 bridgehead atoms. The summed E-state index contributed by atoms with van der Waals surface area (Å²) in [6.07, 6.45) is 2.99. The van der Waals surface area contributed by atoms with Crippen molar-refractivity contribution in [2.24, 2.45) is 15.0 Å². The van der Waals surface area contributed by atoms with E-state index < -0.39 is 0 Å². The van der Waals surface area contributed by atoms with Gasteiger partial charge in [0.05, 0.1) is 34.2 Å². The van der Waals surface area contributed by atoms with E-state index in [0.717, 1.165) is 40.6 Å². The summed E-state index contributed by atoms with van der Waals surface area (Å²) in [7, 11) is 1.19. The molecule has 0 N–H and O–H groups in total. The van der Waals surface area contributed by atoms with E-state index in [0.29, 0.717) is 23.7 Å². The summed E-state index contributed by atoms with van der Waals surface area (Å²) in [5, 5.41) is 0. The summed E-state index contributed by atoms with van der Waals surface area (Å²) in [5.74, 6) is 1.68. The third-order valence-electron chi connectivity index (χ3n) is 6.78. The maximum atomic E-state index is 5.15. The molecule has 0 saturated heterocycles. The van der Waals surface area contributed by atoms with E-state index in [4.69, 9.17) is 15.0 Å². The van der Waals surface area contributed by atoms with Gasteiger partial charge in [-0.2, -0.15) is 0 Å². The van der Waals surface area contributed by atoms with Crippen molar-refractivity contribution >= 4 is 69.2 Å². The molecule has 0 unspecified atom stereocenters. The fraction of sp³-hybridized carbons (Fsp3) is 0.469. The van der Waals surface area contributed by atoms with Crippen molar-refractivity contribution in [3.05, 3.63) is 70.4 Å². The summed E-state index contributed by atoms with van der Waals surface area (Å²) >= 11 is 4.55. The number of benzene rings is 2. The number of para-hydroxylation sites is 2. The first-order valence-electron chi connectivity index (χ1n) is 13.4. The molecule has 6 heteroatoms. The molecule has 0 aromatic heterocycles. The van der Waals surface area contributed by atoms with Gasteiger partial charge in [-0.25, -0.2) is 4.99 Å². The Labute approximate surface area is 260 Å². The zero-order valence-corrected chi connectivity index (χ0v) is 29.9. The molecule has 0 aliphatic carbocycles. The number of rotatable bonds is 8. The first kappa shape index (κ1) is 33.4. The van der Waals surface area contributed by atoms with Crippen LogP contribution < -0.4 is 0 Å². The van der Waals surface area contributed by atoms with Crippen LogP contribution in [0.1, 0.15) is 122 Å². The molecule has 2 aromatic rings. The van der Waals surface area contributed by atoms with E-state index in [1.165, 1.54) is 30.7 Å². The molecule has 3 rings (SSSR count). The molecular weight excluding hydrogens is 736 g/mol. The van der Waals surface area contributed by atoms with Crippen molar-refractivity contribution in [3.8, 4) is 0 Å². The Kier molecular flexibility index (Phi) is 13.9. The summed E-state index contributed by atoms with van der Waals surface area (Å²) in [4.78, 5) is 15.3. The Balaban J connectivity index is 0.00000161. The van der Waals surface area contributed by atoms with Crippen molar-refractivity contribution in [2.45, 2.75) is 99.3 Å². The second-order valence-corrected chi connectivity index (χ2v) is 20.3. The molecule has 3 nitrogen and oxygen atoms in total. The minimum absolute atomic E-state index is 0.419. The van der Waals surface area contributed by atoms with Gasteiger partial charge in [0, 0.05) is 6.42 Å². The van der Waals surface area contributed by atoms with Crippen molar-refractivity contribution in [1.82, 2.24) is 0 Å². The van der Waals surface area contributed by atoms with E-state index in [1.807, 2.05) is 0 Å². The van der Waals surface area contributed by atoms with Gasteiger partial charge in [0.25, 0.3) is 0 Å². The van der Waals surface area contributed by atoms with Crippen LogP contribution in [0.3, 0.4) is 0 Å². The van der Waals surface area contributed by atoms with Crippen molar-refractivity contribution in [3.63, 3.8) is 0 Å². The predicted octanol–water partition coefficient (Wildman–Crippen LogP) is 11.6. The van der Waals surface area contributed by atoms with Gasteiger partial charge in [-0.1, -0.05) is 97.9 Å². The molecule has 1 aliphatic heterocycles. The van der Waals surface area contributed by atoms with Crippen LogP contribution in [0.5, 0.6) is 0 Å². The molecule has 0 saturated carbocycles. The van der Waals surface area contributed by atoms with Gasteiger partial charge in [-0.15, -0.1) is 0 Å². The van der Waals surface area contributed by atoms with Gasteiger partial charge < -0.3 is 0 Å². The van der Waals surface area contributed by atoms with Gasteiger partial charge in [0.1, 0.15) is 0 Å². The normalized spacial score (nSPS) is 14.4. The number of aliphatic imine (C=N–C) groups is 3. The first-order chi connectivity index (χ1) is 17.9. The number of allylic oxidation sites excluding steroid dienone is 2. The molecule has 2 aromatic carbocycles. The van der Waals surface area contributed by atoms with E-state index in [1.54, 1.807) is 0 Å². The van der Waals surface area contributed by atoms with Crippen LogP contribution in [-0.4, -0.2) is 17.1 Å². The van der Waals surface area contributed by atoms with Crippen LogP contribution in [0.2, 0.25) is 0 Å². The molecule has 0 amide bonds. The maximum absolute atomic E-state index is 5.15. The number of halogens is 2. The van der Waals surface area contributed by atoms with Crippen LogP contribution in [0.15, 0.2) is 63.1 Å². The Morgan fingerprint density at radius 2 is 1.03 bits per heavy atom. The van der Waals surface area contributed by atoms with Crippen LogP contribution in [-0.2, 0) is 8.46 Å². The average Bonchev–Trinajstić information content (AvgIpc) is 3.35. The van der Waals surface area contributed by atoms with Crippen LogP contribution in [0.25, 0.3) is 0 Å². The third-order valence-corrected chi connectivity index (χ3v) is 6.78. The molecule has 1 heterocycles. The molecule has 0 radical (unpaired) electrons. The monoisotopic (exact) mass is 779 g/mol. The zero-order chi connectivity index (χ0) is 28.6. The van der Waals surface area contributed by atoms with E-state index in [-0.39, 0.29) is 0 Å². The van der Waals surface area contributed by atoms with Crippen molar-refractivity contribution in [1.29, 1.82) is 0 Å². The summed E-state index contributed by atoms with van der Waals surface area (Å²) in [5.41, 5.74) is 11.4. The van der Waals surface area contributed by atoms with E-state index >= 15 is 0 Å². The number of nitrogens with zero attached hydrogens (tertiary/aromatic N) is 3. The van der Waals surface area contributed by atoms with Crippen LogP contribution >= 0.6 is 40.7 Å². The fourth-order valence-corrected chi connectivity index (χ4v) is 4.63. The summed E-state index contributed by atoms with van der Waals surface area (Å²) in [6.45, 7) is 22.1. The second-order valence-electron chi connectivity index (χ2n) is 11.0. The van der Waals surface area contributed by atoms with E-state index in [2.05, 4.69) is 152 Å². The fourth-order valence-electron chi connectivity index (χ4n) is 4.63. The topological polar surface area (TPSA) is 37.1 Å². The Morgan fingerprint density at radius 3 is 1.37 bits per heavy atom. The van der Waals surface area contributed by atoms with Gasteiger partial charge in [0.2, 0.25) is 0 Å². The van der Waals surface area contributed by atoms with Gasteiger partial charge in [-0.3, -0.25) is 9.98 Å². The zero-order valence-electron chi connectivity index (χ0n) is 24.5. The second kappa shape index (κ2) is 15.8. The first-order valence-corrected chi connectivity index (χ1v) is 20.5. The van der Waals surface area contributed by atoms with Crippen LogP contribution in [0.4, 0.5) is 11.4 Å². The van der Waals surface area contributed by atoms with Crippen molar-refractivity contribution in [2.75, 3.05) is 0 Å². The minimum atomic E-state index is 0.419. The number of hydrogen-bond donors (Lipinski definition) is 0. The average molecular weight is 779 g/mol. The van der Waals surface area contributed by atoms with Gasteiger partial charge in [0.15, 0.2) is 0 Å². The van der Waals surface area contributed by atoms with Crippen LogP contribution in [0, 0.1) is 0 Å². The molecular formula is C32H43FeI2N3. The van der Waals surface area contributed by atoms with E-state index in [9.17, 15) is 0 Å². The number of hydrogen-bond acceptors (Lipinski definition) is 3. The standard InChI is InChI=1S/C32H43N3.Fe.2HI/c1-19(2)25-13-11-14-26(20(3)4)31(25)33-23(9)29-17-18-30(35-29)24(10)34-32-27(21(5)6)15-12-16-28(32)22(7)8;;;/h11-17,19-22H,18H2,1-10H3;;2*1H/q;+2;;/p-2. The van der Waals surface area contributed by atoms with Gasteiger partial charge >= 0.3 is 49.1 Å². The van der Waals surface area contributed by atoms with Gasteiger partial charge in [-0.05, 0) is 59.8 Å². The molecule has 38 heavy (non-hydrogen) atoms. The Bertz CT molecular complexity index is 1170. The summed E-state index contributed by atoms with van der Waals surface area (Å²) in [6, 6.07) is 13.1. The molecule has 208 valence electrons. The Morgan fingerprint density at radius 1 is 0.684 bits per heavy atom. The van der Waals surface area contributed by atoms with Crippen molar-refractivity contribution < 1.29 is 8.46 Å². The molecule has 0 spiro atoms. The molecule has 0 fully saturated rings. The summed E-state index contributed by atoms with van der Waals surface area (Å²) < 4.78 is 0. The Hall–Kier alpha value is -0.831. The quantitative estimate of drug-likeness (QED) is 0.145. The third kappa shape index (κ3) is 8.84. The molecule has 1 aliphatic rings. The SMILES string of the molecule is CC(=Nc1c(C(C)C)cccc1C(C)C)C1=CCC(C(C)=Nc2c(C(C)C)cccc2C(C)C)=N1.[I][Fe][I]. The predicted molar refractivity (Wildman–Crippen MR) is 183 cm³/mol.